The van der Waals surface area contributed by atoms with Crippen LogP contribution in [0.5, 0.6) is 0 Å². The predicted octanol–water partition coefficient (Wildman–Crippen LogP) is 3.18. The van der Waals surface area contributed by atoms with Crippen LogP contribution in [-0.2, 0) is 9.53 Å². The van der Waals surface area contributed by atoms with Gasteiger partial charge in [-0.1, -0.05) is 19.9 Å². The van der Waals surface area contributed by atoms with Gasteiger partial charge in [0.2, 0.25) is 0 Å². The zero-order chi connectivity index (χ0) is 12.4. The molecule has 0 amide bonds. The Morgan fingerprint density at radius 3 is 2.83 bits per heavy atom. The van der Waals surface area contributed by atoms with E-state index < -0.39 is 0 Å². The van der Waals surface area contributed by atoms with Crippen LogP contribution in [0.25, 0.3) is 0 Å². The minimum atomic E-state index is -0.0202. The highest BCUT2D eigenvalue weighted by molar-refractivity contribution is 5.72. The number of ether oxygens (including phenoxy) is 1. The third-order valence-electron chi connectivity index (χ3n) is 5.85. The molecule has 18 heavy (non-hydrogen) atoms. The zero-order valence-corrected chi connectivity index (χ0v) is 11.3. The molecule has 0 radical (unpaired) electrons. The van der Waals surface area contributed by atoms with Gasteiger partial charge in [-0.15, -0.1) is 0 Å². The number of rotatable bonds is 2. The van der Waals surface area contributed by atoms with Crippen molar-refractivity contribution in [1.82, 2.24) is 0 Å². The van der Waals surface area contributed by atoms with Crippen molar-refractivity contribution in [1.29, 1.82) is 0 Å². The van der Waals surface area contributed by atoms with Crippen LogP contribution in [0.1, 0.15) is 39.5 Å². The summed E-state index contributed by atoms with van der Waals surface area (Å²) in [6, 6.07) is 0. The van der Waals surface area contributed by atoms with Crippen molar-refractivity contribution < 1.29 is 9.53 Å². The van der Waals surface area contributed by atoms with E-state index in [1.807, 2.05) is 13.8 Å². The third-order valence-corrected chi connectivity index (χ3v) is 5.85. The lowest BCUT2D eigenvalue weighted by atomic mass is 9.69. The van der Waals surface area contributed by atoms with Crippen LogP contribution in [0.2, 0.25) is 0 Å². The molecule has 2 fully saturated rings. The molecule has 0 aromatic carbocycles. The molecule has 0 aliphatic heterocycles. The van der Waals surface area contributed by atoms with E-state index in [-0.39, 0.29) is 18.0 Å². The number of allylic oxidation sites excluding steroid dienone is 1. The van der Waals surface area contributed by atoms with Gasteiger partial charge < -0.3 is 4.74 Å². The molecule has 6 atom stereocenters. The number of hydrogen-bond donors (Lipinski definition) is 0. The summed E-state index contributed by atoms with van der Waals surface area (Å²) in [5.41, 5.74) is 1.51. The number of fused-ring (bicyclic) bond motifs is 8. The van der Waals surface area contributed by atoms with Crippen LogP contribution in [0.4, 0.5) is 0 Å². The summed E-state index contributed by atoms with van der Waals surface area (Å²) in [6.45, 7) is 3.84. The Hall–Kier alpha value is -0.790. The number of carbonyl (C=O) groups excluding carboxylic acids is 1. The second kappa shape index (κ2) is 3.61. The van der Waals surface area contributed by atoms with Gasteiger partial charge in [-0.2, -0.15) is 0 Å². The molecule has 2 nitrogen and oxygen atoms in total. The highest BCUT2D eigenvalue weighted by Gasteiger charge is 2.59. The summed E-state index contributed by atoms with van der Waals surface area (Å²) in [5, 5.41) is 0. The average Bonchev–Trinajstić information content (AvgIpc) is 3.06. The van der Waals surface area contributed by atoms with Gasteiger partial charge in [-0.05, 0) is 60.8 Å². The van der Waals surface area contributed by atoms with Gasteiger partial charge in [0, 0.05) is 0 Å². The van der Waals surface area contributed by atoms with Crippen LogP contribution in [0.3, 0.4) is 0 Å². The van der Waals surface area contributed by atoms with Gasteiger partial charge in [0.25, 0.3) is 0 Å². The van der Waals surface area contributed by atoms with E-state index in [1.165, 1.54) is 24.8 Å². The first kappa shape index (κ1) is 11.1. The second-order valence-corrected chi connectivity index (χ2v) is 7.08. The number of hydrogen-bond acceptors (Lipinski definition) is 2. The quantitative estimate of drug-likeness (QED) is 0.552. The normalized spacial score (nSPS) is 47.6. The lowest BCUT2D eigenvalue weighted by Crippen LogP contribution is -2.36. The van der Waals surface area contributed by atoms with Gasteiger partial charge in [0.05, 0.1) is 5.92 Å². The monoisotopic (exact) mass is 246 g/mol. The van der Waals surface area contributed by atoms with Gasteiger partial charge in [0.15, 0.2) is 0 Å². The molecule has 0 saturated heterocycles. The third kappa shape index (κ3) is 1.32. The van der Waals surface area contributed by atoms with E-state index in [0.717, 1.165) is 36.0 Å². The van der Waals surface area contributed by atoms with Gasteiger partial charge in [-0.25, -0.2) is 0 Å². The maximum atomic E-state index is 11.8. The average molecular weight is 246 g/mol. The summed E-state index contributed by atoms with van der Waals surface area (Å²) in [6.07, 6.45) is 8.01. The highest BCUT2D eigenvalue weighted by Crippen LogP contribution is 2.65. The SMILES string of the molecule is CC(C)C(=O)OC1CC2C=C1C1C3CCC(C3)C21. The molecule has 0 aromatic heterocycles. The molecule has 0 heterocycles. The first-order valence-corrected chi connectivity index (χ1v) is 7.57. The van der Waals surface area contributed by atoms with Gasteiger partial charge >= 0.3 is 5.97 Å². The fourth-order valence-corrected chi connectivity index (χ4v) is 5.24. The topological polar surface area (TPSA) is 26.3 Å². The van der Waals surface area contributed by atoms with E-state index in [1.54, 1.807) is 0 Å². The molecule has 4 bridgehead atoms. The highest BCUT2D eigenvalue weighted by atomic mass is 16.5. The fourth-order valence-electron chi connectivity index (χ4n) is 5.24. The van der Waals surface area contributed by atoms with Gasteiger partial charge in [0.1, 0.15) is 6.10 Å². The van der Waals surface area contributed by atoms with Crippen LogP contribution in [0.15, 0.2) is 11.6 Å². The van der Waals surface area contributed by atoms with Crippen molar-refractivity contribution in [2.45, 2.75) is 45.6 Å². The van der Waals surface area contributed by atoms with E-state index in [9.17, 15) is 4.79 Å². The van der Waals surface area contributed by atoms with E-state index in [2.05, 4.69) is 6.08 Å². The summed E-state index contributed by atoms with van der Waals surface area (Å²) in [4.78, 5) is 11.8. The van der Waals surface area contributed by atoms with Gasteiger partial charge in [-0.3, -0.25) is 4.79 Å². The first-order valence-electron chi connectivity index (χ1n) is 7.57. The largest absolute Gasteiger partial charge is 0.458 e. The maximum absolute atomic E-state index is 11.8. The standard InChI is InChI=1S/C16H22O2/c1-8(2)16(17)18-13-7-11-6-12(13)15-10-4-3-9(5-10)14(11)15/h6,8-11,13-15H,3-5,7H2,1-2H3. The smallest absolute Gasteiger partial charge is 0.308 e. The molecule has 6 unspecified atom stereocenters. The van der Waals surface area contributed by atoms with Crippen molar-refractivity contribution in [3.05, 3.63) is 11.6 Å². The lowest BCUT2D eigenvalue weighted by molar-refractivity contribution is -0.152. The second-order valence-electron chi connectivity index (χ2n) is 7.08. The van der Waals surface area contributed by atoms with Crippen LogP contribution in [-0.4, -0.2) is 12.1 Å². The van der Waals surface area contributed by atoms with E-state index in [4.69, 9.17) is 4.74 Å². The Morgan fingerprint density at radius 1 is 1.28 bits per heavy atom. The minimum Gasteiger partial charge on any atom is -0.458 e. The zero-order valence-electron chi connectivity index (χ0n) is 11.3. The first-order chi connectivity index (χ1) is 8.65. The Bertz CT molecular complexity index is 423. The summed E-state index contributed by atoms with van der Waals surface area (Å²) >= 11 is 0. The molecule has 0 aromatic rings. The van der Waals surface area contributed by atoms with E-state index >= 15 is 0 Å². The number of carbonyl (C=O) groups is 1. The molecule has 0 N–H and O–H groups in total. The summed E-state index contributed by atoms with van der Waals surface area (Å²) in [7, 11) is 0. The predicted molar refractivity (Wildman–Crippen MR) is 68.7 cm³/mol. The van der Waals surface area contributed by atoms with Crippen molar-refractivity contribution in [3.63, 3.8) is 0 Å². The molecule has 4 aliphatic carbocycles. The van der Waals surface area contributed by atoms with Crippen molar-refractivity contribution >= 4 is 5.97 Å². The molecule has 2 saturated carbocycles. The molecular formula is C16H22O2. The Morgan fingerprint density at radius 2 is 2.06 bits per heavy atom. The Labute approximate surface area is 109 Å². The Balaban J connectivity index is 1.52. The number of esters is 1. The van der Waals surface area contributed by atoms with Crippen molar-refractivity contribution in [2.24, 2.45) is 35.5 Å². The van der Waals surface area contributed by atoms with Crippen LogP contribution < -0.4 is 0 Å². The molecule has 0 spiro atoms. The molecule has 2 heteroatoms. The minimum absolute atomic E-state index is 0.000512. The van der Waals surface area contributed by atoms with Crippen molar-refractivity contribution in [2.75, 3.05) is 0 Å². The summed E-state index contributed by atoms with van der Waals surface area (Å²) < 4.78 is 5.72. The maximum Gasteiger partial charge on any atom is 0.308 e. The van der Waals surface area contributed by atoms with Crippen LogP contribution in [0, 0.1) is 35.5 Å². The van der Waals surface area contributed by atoms with Crippen LogP contribution >= 0.6 is 0 Å². The van der Waals surface area contributed by atoms with E-state index in [0.29, 0.717) is 0 Å². The molecule has 4 rings (SSSR count). The fraction of sp³-hybridized carbons (Fsp3) is 0.812. The molecule has 4 aliphatic rings. The molecular weight excluding hydrogens is 224 g/mol. The summed E-state index contributed by atoms with van der Waals surface area (Å²) in [5.74, 6) is 4.32. The lowest BCUT2D eigenvalue weighted by Gasteiger charge is -2.37. The molecule has 98 valence electrons. The Kier molecular flexibility index (Phi) is 2.22. The van der Waals surface area contributed by atoms with Crippen molar-refractivity contribution in [3.8, 4) is 0 Å².